The minimum atomic E-state index is -0.444. The lowest BCUT2D eigenvalue weighted by Gasteiger charge is -2.28. The summed E-state index contributed by atoms with van der Waals surface area (Å²) in [6.45, 7) is 1.84. The molecular weight excluding hydrogens is 340 g/mol. The second-order valence-electron chi connectivity index (χ2n) is 6.15. The Morgan fingerprint density at radius 1 is 1.19 bits per heavy atom. The number of nitrogens with one attached hydrogen (secondary N) is 2. The normalized spacial score (nSPS) is 15.5. The molecule has 0 aliphatic carbocycles. The highest BCUT2D eigenvalue weighted by molar-refractivity contribution is 6.06. The van der Waals surface area contributed by atoms with E-state index in [1.807, 2.05) is 49.4 Å². The fourth-order valence-electron chi connectivity index (χ4n) is 3.15. The zero-order valence-corrected chi connectivity index (χ0v) is 14.5. The molecule has 0 radical (unpaired) electrons. The van der Waals surface area contributed by atoms with Gasteiger partial charge in [0.2, 0.25) is 5.95 Å². The first-order valence-electron chi connectivity index (χ1n) is 8.41. The molecule has 0 saturated carbocycles. The van der Waals surface area contributed by atoms with Gasteiger partial charge in [-0.2, -0.15) is 15.3 Å². The smallest absolute Gasteiger partial charge is 0.255 e. The van der Waals surface area contributed by atoms with Gasteiger partial charge in [0.05, 0.1) is 17.2 Å². The van der Waals surface area contributed by atoms with Gasteiger partial charge in [-0.25, -0.2) is 4.68 Å². The number of aromatic nitrogens is 3. The summed E-state index contributed by atoms with van der Waals surface area (Å²) in [5.74, 6) is 0.347. The molecule has 2 heterocycles. The maximum atomic E-state index is 13.1. The number of benzene rings is 2. The summed E-state index contributed by atoms with van der Waals surface area (Å²) < 4.78 is 1.67. The largest absolute Gasteiger partial charge is 0.328 e. The van der Waals surface area contributed by atoms with Crippen LogP contribution in [0, 0.1) is 11.3 Å². The van der Waals surface area contributed by atoms with Crippen LogP contribution in [0.2, 0.25) is 0 Å². The SMILES string of the molecule is CC1=C(C(=O)Nc2ccccc2)[C@H](c2ccc(C#N)cc2)n2ncnc2N1. The van der Waals surface area contributed by atoms with Crippen molar-refractivity contribution in [3.8, 4) is 6.07 Å². The van der Waals surface area contributed by atoms with E-state index in [4.69, 9.17) is 5.26 Å². The minimum absolute atomic E-state index is 0.221. The third-order valence-corrected chi connectivity index (χ3v) is 4.43. The molecule has 2 N–H and O–H groups in total. The molecule has 1 amide bonds. The van der Waals surface area contributed by atoms with Crippen LogP contribution in [-0.2, 0) is 4.79 Å². The van der Waals surface area contributed by atoms with Crippen molar-refractivity contribution in [2.75, 3.05) is 10.6 Å². The van der Waals surface area contributed by atoms with Crippen molar-refractivity contribution in [1.82, 2.24) is 14.8 Å². The topological polar surface area (TPSA) is 95.6 Å². The number of carbonyl (C=O) groups excluding carboxylic acids is 1. The number of fused-ring (bicyclic) bond motifs is 1. The van der Waals surface area contributed by atoms with Crippen LogP contribution in [0.3, 0.4) is 0 Å². The lowest BCUT2D eigenvalue weighted by atomic mass is 9.94. The summed E-state index contributed by atoms with van der Waals surface area (Å²) in [6, 6.07) is 18.1. The Balaban J connectivity index is 1.77. The summed E-state index contributed by atoms with van der Waals surface area (Å²) in [5, 5.41) is 19.4. The van der Waals surface area contributed by atoms with Crippen LogP contribution >= 0.6 is 0 Å². The van der Waals surface area contributed by atoms with E-state index in [2.05, 4.69) is 26.8 Å². The maximum absolute atomic E-state index is 13.1. The van der Waals surface area contributed by atoms with Gasteiger partial charge >= 0.3 is 0 Å². The van der Waals surface area contributed by atoms with E-state index in [9.17, 15) is 4.79 Å². The summed E-state index contributed by atoms with van der Waals surface area (Å²) in [5.41, 5.74) is 3.37. The summed E-state index contributed by atoms with van der Waals surface area (Å²) in [6.07, 6.45) is 1.45. The van der Waals surface area contributed by atoms with Crippen LogP contribution in [-0.4, -0.2) is 20.7 Å². The molecule has 0 unspecified atom stereocenters. The molecule has 1 aromatic heterocycles. The minimum Gasteiger partial charge on any atom is -0.328 e. The standard InChI is InChI=1S/C20H16N6O/c1-13-17(19(27)25-16-5-3-2-4-6-16)18(26-20(24-13)22-12-23-26)15-9-7-14(11-21)8-10-15/h2-10,12,18H,1H3,(H,25,27)(H,22,23,24)/t18-/m0/s1. The number of allylic oxidation sites excluding steroid dienone is 1. The van der Waals surface area contributed by atoms with Crippen LogP contribution in [0.5, 0.6) is 0 Å². The molecule has 0 fully saturated rings. The van der Waals surface area contributed by atoms with Gasteiger partial charge in [0.15, 0.2) is 0 Å². The first kappa shape index (κ1) is 16.5. The Hall–Kier alpha value is -3.92. The van der Waals surface area contributed by atoms with Gasteiger partial charge in [-0.1, -0.05) is 30.3 Å². The second kappa shape index (κ2) is 6.77. The first-order valence-corrected chi connectivity index (χ1v) is 8.41. The van der Waals surface area contributed by atoms with E-state index in [1.165, 1.54) is 6.33 Å². The average Bonchev–Trinajstić information content (AvgIpc) is 3.15. The summed E-state index contributed by atoms with van der Waals surface area (Å²) in [4.78, 5) is 17.3. The van der Waals surface area contributed by atoms with Gasteiger partial charge in [0.1, 0.15) is 12.4 Å². The molecule has 3 aromatic rings. The Labute approximate surface area is 156 Å². The van der Waals surface area contributed by atoms with E-state index in [0.717, 1.165) is 5.56 Å². The highest BCUT2D eigenvalue weighted by Crippen LogP contribution is 2.35. The monoisotopic (exact) mass is 356 g/mol. The van der Waals surface area contributed by atoms with Gasteiger partial charge in [-0.15, -0.1) is 0 Å². The van der Waals surface area contributed by atoms with Gasteiger partial charge in [0, 0.05) is 11.4 Å². The Bertz CT molecular complexity index is 1060. The highest BCUT2D eigenvalue weighted by atomic mass is 16.1. The molecule has 1 aliphatic heterocycles. The first-order chi connectivity index (χ1) is 13.2. The van der Waals surface area contributed by atoms with Crippen molar-refractivity contribution in [3.05, 3.63) is 83.3 Å². The number of hydrogen-bond donors (Lipinski definition) is 2. The van der Waals surface area contributed by atoms with E-state index < -0.39 is 6.04 Å². The number of amides is 1. The van der Waals surface area contributed by atoms with E-state index >= 15 is 0 Å². The molecule has 7 heteroatoms. The lowest BCUT2D eigenvalue weighted by Crippen LogP contribution is -2.31. The Morgan fingerprint density at radius 3 is 2.63 bits per heavy atom. The molecule has 2 aromatic carbocycles. The molecule has 1 aliphatic rings. The molecular formula is C20H16N6O. The van der Waals surface area contributed by atoms with Crippen molar-refractivity contribution in [2.45, 2.75) is 13.0 Å². The number of nitriles is 1. The van der Waals surface area contributed by atoms with E-state index in [-0.39, 0.29) is 5.91 Å². The molecule has 132 valence electrons. The third-order valence-electron chi connectivity index (χ3n) is 4.43. The zero-order chi connectivity index (χ0) is 18.8. The number of anilines is 2. The van der Waals surface area contributed by atoms with Crippen LogP contribution in [0.1, 0.15) is 24.1 Å². The lowest BCUT2D eigenvalue weighted by molar-refractivity contribution is -0.113. The van der Waals surface area contributed by atoms with Crippen molar-refractivity contribution >= 4 is 17.5 Å². The molecule has 4 rings (SSSR count). The number of nitrogens with zero attached hydrogens (tertiary/aromatic N) is 4. The van der Waals surface area contributed by atoms with Crippen LogP contribution in [0.4, 0.5) is 11.6 Å². The third kappa shape index (κ3) is 3.04. The fraction of sp³-hybridized carbons (Fsp3) is 0.100. The molecule has 27 heavy (non-hydrogen) atoms. The summed E-state index contributed by atoms with van der Waals surface area (Å²) in [7, 11) is 0. The predicted octanol–water partition coefficient (Wildman–Crippen LogP) is 3.08. The maximum Gasteiger partial charge on any atom is 0.255 e. The Morgan fingerprint density at radius 2 is 1.93 bits per heavy atom. The molecule has 0 bridgehead atoms. The van der Waals surface area contributed by atoms with Gasteiger partial charge in [-0.3, -0.25) is 4.79 Å². The zero-order valence-electron chi connectivity index (χ0n) is 14.5. The molecule has 0 saturated heterocycles. The number of para-hydroxylation sites is 1. The Kier molecular flexibility index (Phi) is 4.15. The van der Waals surface area contributed by atoms with Crippen molar-refractivity contribution < 1.29 is 4.79 Å². The van der Waals surface area contributed by atoms with Gasteiger partial charge < -0.3 is 10.6 Å². The van der Waals surface area contributed by atoms with Crippen molar-refractivity contribution in [2.24, 2.45) is 0 Å². The highest BCUT2D eigenvalue weighted by Gasteiger charge is 2.33. The van der Waals surface area contributed by atoms with Gasteiger partial charge in [0.25, 0.3) is 5.91 Å². The summed E-state index contributed by atoms with van der Waals surface area (Å²) >= 11 is 0. The van der Waals surface area contributed by atoms with Crippen LogP contribution < -0.4 is 10.6 Å². The fourth-order valence-corrected chi connectivity index (χ4v) is 3.15. The van der Waals surface area contributed by atoms with Crippen molar-refractivity contribution in [1.29, 1.82) is 5.26 Å². The van der Waals surface area contributed by atoms with Crippen molar-refractivity contribution in [3.63, 3.8) is 0 Å². The van der Waals surface area contributed by atoms with E-state index in [1.54, 1.807) is 16.8 Å². The van der Waals surface area contributed by atoms with Crippen LogP contribution in [0.15, 0.2) is 72.2 Å². The predicted molar refractivity (Wildman–Crippen MR) is 101 cm³/mol. The number of rotatable bonds is 3. The molecule has 7 nitrogen and oxygen atoms in total. The van der Waals surface area contributed by atoms with E-state index in [0.29, 0.717) is 28.5 Å². The molecule has 0 spiro atoms. The van der Waals surface area contributed by atoms with Gasteiger partial charge in [-0.05, 0) is 36.8 Å². The number of hydrogen-bond acceptors (Lipinski definition) is 5. The van der Waals surface area contributed by atoms with Crippen LogP contribution in [0.25, 0.3) is 0 Å². The molecule has 1 atom stereocenters. The number of carbonyl (C=O) groups is 1. The second-order valence-corrected chi connectivity index (χ2v) is 6.15. The average molecular weight is 356 g/mol. The quantitative estimate of drug-likeness (QED) is 0.752.